The van der Waals surface area contributed by atoms with E-state index in [-0.39, 0.29) is 0 Å². The zero-order valence-electron chi connectivity index (χ0n) is 19.0. The van der Waals surface area contributed by atoms with Crippen LogP contribution < -0.4 is 0 Å². The summed E-state index contributed by atoms with van der Waals surface area (Å²) < 4.78 is 0. The molecule has 0 saturated heterocycles. The Hall–Kier alpha value is -0.490. The van der Waals surface area contributed by atoms with Crippen molar-refractivity contribution in [2.75, 3.05) is 0 Å². The molecule has 2 fully saturated rings. The monoisotopic (exact) mass is 416 g/mol. The van der Waals surface area contributed by atoms with E-state index in [2.05, 4.69) is 31.2 Å². The minimum atomic E-state index is 0.707. The molecule has 164 valence electrons. The van der Waals surface area contributed by atoms with Gasteiger partial charge in [0.15, 0.2) is 0 Å². The normalized spacial score (nSPS) is 27.8. The van der Waals surface area contributed by atoms with Crippen LogP contribution in [0.5, 0.6) is 0 Å². The fourth-order valence-electron chi connectivity index (χ4n) is 6.22. The van der Waals surface area contributed by atoms with E-state index >= 15 is 0 Å². The highest BCUT2D eigenvalue weighted by molar-refractivity contribution is 6.31. The molecule has 0 spiro atoms. The Morgan fingerprint density at radius 1 is 0.690 bits per heavy atom. The van der Waals surface area contributed by atoms with Gasteiger partial charge < -0.3 is 0 Å². The van der Waals surface area contributed by atoms with Gasteiger partial charge in [0, 0.05) is 5.02 Å². The van der Waals surface area contributed by atoms with E-state index in [0.717, 1.165) is 22.8 Å². The molecule has 29 heavy (non-hydrogen) atoms. The third-order valence-corrected chi connectivity index (χ3v) is 8.49. The SMILES string of the molecule is CCCCCCCCCCC1CCC(C2CCC(c3ccccc3Cl)CC2)CC1. The van der Waals surface area contributed by atoms with Crippen LogP contribution in [0.4, 0.5) is 0 Å². The van der Waals surface area contributed by atoms with Crippen LogP contribution >= 0.6 is 11.6 Å². The highest BCUT2D eigenvalue weighted by atomic mass is 35.5. The molecule has 3 rings (SSSR count). The number of rotatable bonds is 11. The third kappa shape index (κ3) is 7.61. The number of unbranched alkanes of at least 4 members (excludes halogenated alkanes) is 7. The van der Waals surface area contributed by atoms with Gasteiger partial charge in [0.1, 0.15) is 0 Å². The van der Waals surface area contributed by atoms with Crippen molar-refractivity contribution in [1.29, 1.82) is 0 Å². The number of halogens is 1. The standard InChI is InChI=1S/C28H45Cl/c1-2-3-4-5-6-7-8-9-12-23-15-17-24(18-16-23)25-19-21-26(22-20-25)27-13-10-11-14-28(27)29/h10-11,13-14,23-26H,2-9,12,15-22H2,1H3. The van der Waals surface area contributed by atoms with Crippen LogP contribution in [0.25, 0.3) is 0 Å². The average molecular weight is 417 g/mol. The first-order valence-electron chi connectivity index (χ1n) is 13.0. The van der Waals surface area contributed by atoms with Crippen LogP contribution in [0.1, 0.15) is 128 Å². The van der Waals surface area contributed by atoms with Crippen molar-refractivity contribution in [2.24, 2.45) is 17.8 Å². The summed E-state index contributed by atoms with van der Waals surface area (Å²) in [5.74, 6) is 3.78. The molecule has 0 radical (unpaired) electrons. The highest BCUT2D eigenvalue weighted by Crippen LogP contribution is 2.45. The molecule has 0 bridgehead atoms. The van der Waals surface area contributed by atoms with Gasteiger partial charge in [-0.1, -0.05) is 107 Å². The minimum absolute atomic E-state index is 0.707. The first-order valence-corrected chi connectivity index (χ1v) is 13.4. The molecule has 0 nitrogen and oxygen atoms in total. The third-order valence-electron chi connectivity index (χ3n) is 8.14. The lowest BCUT2D eigenvalue weighted by molar-refractivity contribution is 0.155. The summed E-state index contributed by atoms with van der Waals surface area (Å²) in [6, 6.07) is 8.53. The van der Waals surface area contributed by atoms with E-state index < -0.39 is 0 Å². The Kier molecular flexibility index (Phi) is 10.4. The van der Waals surface area contributed by atoms with E-state index in [1.807, 2.05) is 0 Å². The average Bonchev–Trinajstić information content (AvgIpc) is 2.77. The van der Waals surface area contributed by atoms with Gasteiger partial charge in [-0.25, -0.2) is 0 Å². The number of hydrogen-bond donors (Lipinski definition) is 0. The molecule has 0 aromatic heterocycles. The second-order valence-corrected chi connectivity index (χ2v) is 10.6. The van der Waals surface area contributed by atoms with Crippen molar-refractivity contribution >= 4 is 11.6 Å². The number of hydrogen-bond acceptors (Lipinski definition) is 0. The van der Waals surface area contributed by atoms with Crippen molar-refractivity contribution in [2.45, 2.75) is 122 Å². The molecule has 2 saturated carbocycles. The molecule has 1 aromatic rings. The van der Waals surface area contributed by atoms with Crippen LogP contribution in [0, 0.1) is 17.8 Å². The Bertz CT molecular complexity index is 549. The fraction of sp³-hybridized carbons (Fsp3) is 0.786. The number of benzene rings is 1. The van der Waals surface area contributed by atoms with Crippen LogP contribution in [0.15, 0.2) is 24.3 Å². The summed E-state index contributed by atoms with van der Waals surface area (Å²) in [6.45, 7) is 2.31. The molecule has 2 aliphatic rings. The Morgan fingerprint density at radius 2 is 1.24 bits per heavy atom. The molecule has 0 N–H and O–H groups in total. The lowest BCUT2D eigenvalue weighted by Crippen LogP contribution is -2.25. The summed E-state index contributed by atoms with van der Waals surface area (Å²) in [5.41, 5.74) is 1.40. The lowest BCUT2D eigenvalue weighted by atomic mass is 9.68. The highest BCUT2D eigenvalue weighted by Gasteiger charge is 2.31. The predicted octanol–water partition coefficient (Wildman–Crippen LogP) is 9.95. The van der Waals surface area contributed by atoms with Gasteiger partial charge in [0.2, 0.25) is 0 Å². The maximum atomic E-state index is 6.45. The van der Waals surface area contributed by atoms with Gasteiger partial charge in [0.05, 0.1) is 0 Å². The van der Waals surface area contributed by atoms with E-state index in [1.54, 1.807) is 0 Å². The molecule has 0 unspecified atom stereocenters. The zero-order chi connectivity index (χ0) is 20.3. The minimum Gasteiger partial charge on any atom is -0.0840 e. The summed E-state index contributed by atoms with van der Waals surface area (Å²) in [6.07, 6.45) is 24.8. The van der Waals surface area contributed by atoms with Crippen molar-refractivity contribution in [3.05, 3.63) is 34.9 Å². The van der Waals surface area contributed by atoms with E-state index in [0.29, 0.717) is 5.92 Å². The van der Waals surface area contributed by atoms with Gasteiger partial charge in [-0.3, -0.25) is 0 Å². The van der Waals surface area contributed by atoms with E-state index in [4.69, 9.17) is 11.6 Å². The predicted molar refractivity (Wildman–Crippen MR) is 129 cm³/mol. The smallest absolute Gasteiger partial charge is 0.0440 e. The van der Waals surface area contributed by atoms with E-state index in [1.165, 1.54) is 115 Å². The molecule has 0 aliphatic heterocycles. The van der Waals surface area contributed by atoms with Gasteiger partial charge >= 0.3 is 0 Å². The summed E-state index contributed by atoms with van der Waals surface area (Å²) in [7, 11) is 0. The Labute approximate surface area is 186 Å². The molecular formula is C28H45Cl. The molecule has 1 heteroatoms. The van der Waals surface area contributed by atoms with Crippen LogP contribution in [-0.2, 0) is 0 Å². The Morgan fingerprint density at radius 3 is 1.86 bits per heavy atom. The first kappa shape index (κ1) is 23.2. The van der Waals surface area contributed by atoms with Crippen molar-refractivity contribution in [3.8, 4) is 0 Å². The lowest BCUT2D eigenvalue weighted by Gasteiger charge is -2.38. The zero-order valence-corrected chi connectivity index (χ0v) is 19.8. The topological polar surface area (TPSA) is 0 Å². The molecule has 0 atom stereocenters. The van der Waals surface area contributed by atoms with Gasteiger partial charge in [-0.15, -0.1) is 0 Å². The Balaban J connectivity index is 1.26. The molecule has 0 heterocycles. The van der Waals surface area contributed by atoms with Crippen molar-refractivity contribution < 1.29 is 0 Å². The molecular weight excluding hydrogens is 372 g/mol. The van der Waals surface area contributed by atoms with Crippen LogP contribution in [0.2, 0.25) is 5.02 Å². The summed E-state index contributed by atoms with van der Waals surface area (Å²) in [5, 5.41) is 0.984. The van der Waals surface area contributed by atoms with Crippen LogP contribution in [0.3, 0.4) is 0 Å². The van der Waals surface area contributed by atoms with Crippen molar-refractivity contribution in [3.63, 3.8) is 0 Å². The van der Waals surface area contributed by atoms with Gasteiger partial charge in [-0.2, -0.15) is 0 Å². The second-order valence-electron chi connectivity index (χ2n) is 10.2. The molecule has 0 amide bonds. The van der Waals surface area contributed by atoms with Crippen molar-refractivity contribution in [1.82, 2.24) is 0 Å². The quantitative estimate of drug-likeness (QED) is 0.314. The van der Waals surface area contributed by atoms with Gasteiger partial charge in [0.25, 0.3) is 0 Å². The summed E-state index contributed by atoms with van der Waals surface area (Å²) >= 11 is 6.45. The maximum absolute atomic E-state index is 6.45. The first-order chi connectivity index (χ1) is 14.3. The molecule has 2 aliphatic carbocycles. The van der Waals surface area contributed by atoms with E-state index in [9.17, 15) is 0 Å². The fourth-order valence-corrected chi connectivity index (χ4v) is 6.51. The molecule has 1 aromatic carbocycles. The largest absolute Gasteiger partial charge is 0.0840 e. The maximum Gasteiger partial charge on any atom is 0.0440 e. The second kappa shape index (κ2) is 13.0. The summed E-state index contributed by atoms with van der Waals surface area (Å²) in [4.78, 5) is 0. The van der Waals surface area contributed by atoms with Crippen LogP contribution in [-0.4, -0.2) is 0 Å². The van der Waals surface area contributed by atoms with Gasteiger partial charge in [-0.05, 0) is 73.8 Å².